The van der Waals surface area contributed by atoms with Crippen molar-refractivity contribution in [1.82, 2.24) is 15.5 Å². The number of phenolic OH excluding ortho intramolecular Hbond substituents is 1. The number of hydrogen-bond acceptors (Lipinski definition) is 5. The number of unbranched alkanes of at least 4 members (excludes halogenated alkanes) is 1. The Hall–Kier alpha value is -3.55. The van der Waals surface area contributed by atoms with Crippen LogP contribution in [0.25, 0.3) is 0 Å². The minimum Gasteiger partial charge on any atom is -0.508 e. The normalized spacial score (nSPS) is 12.8. The lowest BCUT2D eigenvalue weighted by atomic mass is 9.93. The Morgan fingerprint density at radius 3 is 2.16 bits per heavy atom. The summed E-state index contributed by atoms with van der Waals surface area (Å²) in [5.74, 6) is -0.609. The summed E-state index contributed by atoms with van der Waals surface area (Å²) in [6.45, 7) is 11.6. The van der Waals surface area contributed by atoms with Gasteiger partial charge in [0.2, 0.25) is 11.8 Å². The highest BCUT2D eigenvalue weighted by Crippen LogP contribution is 2.28. The molecule has 37 heavy (non-hydrogen) atoms. The Kier molecular flexibility index (Phi) is 10.5. The number of likely N-dealkylation sites (N-methyl/N-ethyl adjacent to an activating group) is 1. The van der Waals surface area contributed by atoms with E-state index < -0.39 is 29.7 Å². The lowest BCUT2D eigenvalue weighted by Gasteiger charge is -2.33. The first-order valence-electron chi connectivity index (χ1n) is 12.7. The maximum Gasteiger partial charge on any atom is 0.408 e. The molecule has 2 unspecified atom stereocenters. The number of carbonyl (C=O) groups excluding carboxylic acids is 3. The summed E-state index contributed by atoms with van der Waals surface area (Å²) < 4.78 is 5.41. The fraction of sp³-hybridized carbons (Fsp3) is 0.483. The summed E-state index contributed by atoms with van der Waals surface area (Å²) >= 11 is 0. The van der Waals surface area contributed by atoms with E-state index >= 15 is 0 Å². The summed E-state index contributed by atoms with van der Waals surface area (Å²) in [4.78, 5) is 41.4. The van der Waals surface area contributed by atoms with E-state index in [2.05, 4.69) is 10.6 Å². The molecule has 0 bridgehead atoms. The highest BCUT2D eigenvalue weighted by atomic mass is 16.6. The van der Waals surface area contributed by atoms with Crippen LogP contribution in [0.4, 0.5) is 4.79 Å². The monoisotopic (exact) mass is 511 g/mol. The summed E-state index contributed by atoms with van der Waals surface area (Å²) in [6.07, 6.45) is 1.18. The summed E-state index contributed by atoms with van der Waals surface area (Å²) in [5.41, 5.74) is 2.53. The zero-order chi connectivity index (χ0) is 27.8. The number of phenols is 1. The van der Waals surface area contributed by atoms with Crippen molar-refractivity contribution < 1.29 is 24.2 Å². The van der Waals surface area contributed by atoms with Crippen molar-refractivity contribution in [3.8, 4) is 5.75 Å². The third-order valence-electron chi connectivity index (χ3n) is 5.99. The van der Waals surface area contributed by atoms with E-state index in [9.17, 15) is 19.5 Å². The Balaban J connectivity index is 2.44. The third kappa shape index (κ3) is 8.81. The summed E-state index contributed by atoms with van der Waals surface area (Å²) in [5, 5.41) is 15.3. The number of ether oxygens (including phenoxy) is 1. The summed E-state index contributed by atoms with van der Waals surface area (Å²) in [7, 11) is 1.58. The second-order valence-electron chi connectivity index (χ2n) is 10.4. The van der Waals surface area contributed by atoms with E-state index in [1.165, 1.54) is 17.0 Å². The van der Waals surface area contributed by atoms with Crippen LogP contribution >= 0.6 is 0 Å². The third-order valence-corrected chi connectivity index (χ3v) is 5.99. The maximum absolute atomic E-state index is 13.9. The number of nitrogens with zero attached hydrogens (tertiary/aromatic N) is 1. The molecule has 0 fully saturated rings. The van der Waals surface area contributed by atoms with Crippen LogP contribution in [0.5, 0.6) is 5.75 Å². The van der Waals surface area contributed by atoms with Crippen LogP contribution in [0.3, 0.4) is 0 Å². The smallest absolute Gasteiger partial charge is 0.408 e. The van der Waals surface area contributed by atoms with E-state index in [1.54, 1.807) is 40.0 Å². The molecule has 0 saturated carbocycles. The van der Waals surface area contributed by atoms with Crippen LogP contribution in [0.1, 0.15) is 68.8 Å². The Labute approximate surface area is 220 Å². The van der Waals surface area contributed by atoms with E-state index in [-0.39, 0.29) is 18.1 Å². The lowest BCUT2D eigenvalue weighted by Crippen LogP contribution is -2.52. The molecule has 8 nitrogen and oxygen atoms in total. The van der Waals surface area contributed by atoms with Crippen molar-refractivity contribution in [2.24, 2.45) is 0 Å². The molecule has 0 aliphatic carbocycles. The minimum absolute atomic E-state index is 0.0997. The molecule has 0 spiro atoms. The van der Waals surface area contributed by atoms with Crippen LogP contribution in [-0.4, -0.2) is 53.1 Å². The molecule has 2 atom stereocenters. The van der Waals surface area contributed by atoms with Gasteiger partial charge in [0.05, 0.1) is 0 Å². The van der Waals surface area contributed by atoms with Gasteiger partial charge in [0.15, 0.2) is 0 Å². The minimum atomic E-state index is -1.00. The van der Waals surface area contributed by atoms with Gasteiger partial charge in [-0.25, -0.2) is 4.79 Å². The van der Waals surface area contributed by atoms with Crippen LogP contribution in [0.2, 0.25) is 0 Å². The van der Waals surface area contributed by atoms with Gasteiger partial charge in [0, 0.05) is 20.0 Å². The van der Waals surface area contributed by atoms with Crippen molar-refractivity contribution in [3.05, 3.63) is 64.7 Å². The molecule has 3 amide bonds. The van der Waals surface area contributed by atoms with Crippen molar-refractivity contribution in [3.63, 3.8) is 0 Å². The molecule has 0 saturated heterocycles. The predicted molar refractivity (Wildman–Crippen MR) is 144 cm³/mol. The number of alkyl carbamates (subject to hydrolysis) is 1. The molecule has 0 aliphatic heterocycles. The van der Waals surface area contributed by atoms with Crippen molar-refractivity contribution in [2.75, 3.05) is 13.6 Å². The number of amides is 3. The van der Waals surface area contributed by atoms with Gasteiger partial charge in [-0.1, -0.05) is 43.7 Å². The average molecular weight is 512 g/mol. The zero-order valence-corrected chi connectivity index (χ0v) is 23.1. The van der Waals surface area contributed by atoms with E-state index in [1.807, 2.05) is 39.0 Å². The van der Waals surface area contributed by atoms with Gasteiger partial charge in [-0.05, 0) is 75.4 Å². The van der Waals surface area contributed by atoms with Crippen LogP contribution in [-0.2, 0) is 20.7 Å². The predicted octanol–water partition coefficient (Wildman–Crippen LogP) is 4.56. The van der Waals surface area contributed by atoms with Gasteiger partial charge < -0.3 is 25.4 Å². The maximum atomic E-state index is 13.9. The SMILES string of the molecule is CCCCNC(=O)C(c1c(C)cccc1C)N(C)C(=O)C(Cc1ccc(O)cc1)NC(=O)OC(C)(C)C. The van der Waals surface area contributed by atoms with E-state index in [0.29, 0.717) is 6.54 Å². The quantitative estimate of drug-likeness (QED) is 0.405. The topological polar surface area (TPSA) is 108 Å². The van der Waals surface area contributed by atoms with Crippen LogP contribution < -0.4 is 10.6 Å². The highest BCUT2D eigenvalue weighted by Gasteiger charge is 2.35. The fourth-order valence-corrected chi connectivity index (χ4v) is 4.13. The first kappa shape index (κ1) is 29.7. The zero-order valence-electron chi connectivity index (χ0n) is 23.1. The molecule has 8 heteroatoms. The Morgan fingerprint density at radius 2 is 1.62 bits per heavy atom. The lowest BCUT2D eigenvalue weighted by molar-refractivity contribution is -0.140. The second kappa shape index (κ2) is 13.1. The number of benzene rings is 2. The fourth-order valence-electron chi connectivity index (χ4n) is 4.13. The largest absolute Gasteiger partial charge is 0.508 e. The Morgan fingerprint density at radius 1 is 1.03 bits per heavy atom. The second-order valence-corrected chi connectivity index (χ2v) is 10.4. The number of aryl methyl sites for hydroxylation is 2. The molecule has 0 aromatic heterocycles. The number of hydrogen-bond donors (Lipinski definition) is 3. The average Bonchev–Trinajstić information content (AvgIpc) is 2.80. The molecule has 202 valence electrons. The molecule has 0 heterocycles. The van der Waals surface area contributed by atoms with Crippen LogP contribution in [0.15, 0.2) is 42.5 Å². The van der Waals surface area contributed by atoms with Crippen molar-refractivity contribution >= 4 is 17.9 Å². The van der Waals surface area contributed by atoms with E-state index in [4.69, 9.17) is 4.74 Å². The highest BCUT2D eigenvalue weighted by molar-refractivity contribution is 5.92. The number of aromatic hydroxyl groups is 1. The molecular weight excluding hydrogens is 470 g/mol. The van der Waals surface area contributed by atoms with Gasteiger partial charge in [-0.2, -0.15) is 0 Å². The van der Waals surface area contributed by atoms with Gasteiger partial charge >= 0.3 is 6.09 Å². The molecular formula is C29H41N3O5. The molecule has 2 rings (SSSR count). The molecule has 0 aliphatic rings. The number of rotatable bonds is 10. The number of carbonyl (C=O) groups is 3. The van der Waals surface area contributed by atoms with Gasteiger partial charge in [-0.15, -0.1) is 0 Å². The molecule has 0 radical (unpaired) electrons. The first-order valence-corrected chi connectivity index (χ1v) is 12.7. The first-order chi connectivity index (χ1) is 17.3. The standard InChI is InChI=1S/C29H41N3O5/c1-8-9-17-30-26(34)25(24-19(2)11-10-12-20(24)3)32(7)27(35)23(31-28(36)37-29(4,5)6)18-21-13-15-22(33)16-14-21/h10-16,23,25,33H,8-9,17-18H2,1-7H3,(H,30,34)(H,31,36). The van der Waals surface area contributed by atoms with Crippen molar-refractivity contribution in [1.29, 1.82) is 0 Å². The van der Waals surface area contributed by atoms with E-state index in [0.717, 1.165) is 35.1 Å². The Bertz CT molecular complexity index is 1060. The van der Waals surface area contributed by atoms with Gasteiger partial charge in [0.1, 0.15) is 23.4 Å². The van der Waals surface area contributed by atoms with Gasteiger partial charge in [-0.3, -0.25) is 9.59 Å². The number of nitrogens with one attached hydrogen (secondary N) is 2. The molecule has 2 aromatic rings. The van der Waals surface area contributed by atoms with Crippen LogP contribution in [0, 0.1) is 13.8 Å². The molecule has 2 aromatic carbocycles. The molecule has 3 N–H and O–H groups in total. The summed E-state index contributed by atoms with van der Waals surface area (Å²) in [6, 6.07) is 10.3. The van der Waals surface area contributed by atoms with Crippen molar-refractivity contribution in [2.45, 2.75) is 78.5 Å². The van der Waals surface area contributed by atoms with Gasteiger partial charge in [0.25, 0.3) is 0 Å².